The van der Waals surface area contributed by atoms with Gasteiger partial charge in [-0.2, -0.15) is 0 Å². The Hall–Kier alpha value is -0.830. The van der Waals surface area contributed by atoms with Crippen molar-refractivity contribution in [2.45, 2.75) is 40.2 Å². The number of rotatable bonds is 4. The second-order valence-corrected chi connectivity index (χ2v) is 8.88. The van der Waals surface area contributed by atoms with E-state index in [2.05, 4.69) is 71.0 Å². The molecule has 0 aliphatic rings. The predicted molar refractivity (Wildman–Crippen MR) is 100 cm³/mol. The summed E-state index contributed by atoms with van der Waals surface area (Å²) in [6, 6.07) is 10.8. The van der Waals surface area contributed by atoms with Crippen molar-refractivity contribution in [2.75, 3.05) is 14.1 Å². The molecule has 0 spiro atoms. The topological polar surface area (TPSA) is 3.24 Å². The smallest absolute Gasteiger partial charge is 0.0409 e. The molecule has 22 heavy (non-hydrogen) atoms. The fourth-order valence-electron chi connectivity index (χ4n) is 2.43. The van der Waals surface area contributed by atoms with Gasteiger partial charge in [0.2, 0.25) is 0 Å². The Morgan fingerprint density at radius 2 is 1.82 bits per heavy atom. The molecule has 0 N–H and O–H groups in total. The molecule has 1 aromatic heterocycles. The molecule has 0 aliphatic heterocycles. The van der Waals surface area contributed by atoms with E-state index in [1.54, 1.807) is 0 Å². The first-order valence-electron chi connectivity index (χ1n) is 7.71. The summed E-state index contributed by atoms with van der Waals surface area (Å²) in [7, 11) is 4.18. The zero-order chi connectivity index (χ0) is 16.5. The van der Waals surface area contributed by atoms with Crippen molar-refractivity contribution in [1.82, 2.24) is 4.90 Å². The van der Waals surface area contributed by atoms with E-state index in [0.717, 1.165) is 11.6 Å². The highest BCUT2D eigenvalue weighted by atomic mass is 35.5. The van der Waals surface area contributed by atoms with Gasteiger partial charge in [0, 0.05) is 21.3 Å². The summed E-state index contributed by atoms with van der Waals surface area (Å²) in [4.78, 5) is 4.97. The maximum absolute atomic E-state index is 6.19. The second-order valence-electron chi connectivity index (χ2n) is 7.33. The van der Waals surface area contributed by atoms with E-state index in [1.165, 1.54) is 20.9 Å². The lowest BCUT2D eigenvalue weighted by molar-refractivity contribution is 0.343. The summed E-state index contributed by atoms with van der Waals surface area (Å²) in [6.45, 7) is 10.1. The molecule has 1 nitrogen and oxygen atoms in total. The third-order valence-electron chi connectivity index (χ3n) is 4.17. The minimum Gasteiger partial charge on any atom is -0.305 e. The van der Waals surface area contributed by atoms with Crippen molar-refractivity contribution in [1.29, 1.82) is 0 Å². The molecule has 2 rings (SSSR count). The van der Waals surface area contributed by atoms with Gasteiger partial charge in [-0.25, -0.2) is 0 Å². The zero-order valence-electron chi connectivity index (χ0n) is 14.4. The highest BCUT2D eigenvalue weighted by Crippen LogP contribution is 2.41. The number of hydrogen-bond donors (Lipinski definition) is 0. The first-order valence-corrected chi connectivity index (χ1v) is 8.91. The Morgan fingerprint density at radius 1 is 1.14 bits per heavy atom. The molecular weight excluding hydrogens is 310 g/mol. The molecule has 0 saturated heterocycles. The summed E-state index contributed by atoms with van der Waals surface area (Å²) >= 11 is 8.09. The van der Waals surface area contributed by atoms with Gasteiger partial charge in [0.1, 0.15) is 0 Å². The predicted octanol–water partition coefficient (Wildman–Crippen LogP) is 6.28. The van der Waals surface area contributed by atoms with E-state index in [9.17, 15) is 0 Å². The molecule has 120 valence electrons. The zero-order valence-corrected chi connectivity index (χ0v) is 16.0. The SMILES string of the molecule is C[C@H](c1ccc(-c2ccc(Cl)cc2CN(C)C)s1)C(C)(C)C. The Bertz CT molecular complexity index is 637. The summed E-state index contributed by atoms with van der Waals surface area (Å²) in [5, 5.41) is 0.806. The van der Waals surface area contributed by atoms with Crippen molar-refractivity contribution in [3.63, 3.8) is 0 Å². The number of halogens is 1. The van der Waals surface area contributed by atoms with Crippen LogP contribution in [0.5, 0.6) is 0 Å². The molecule has 0 radical (unpaired) electrons. The van der Waals surface area contributed by atoms with Gasteiger partial charge < -0.3 is 4.90 Å². The Kier molecular flexibility index (Phi) is 5.37. The standard InChI is InChI=1S/C19H26ClNS/c1-13(19(2,3)4)17-9-10-18(22-17)16-8-7-15(20)11-14(16)12-21(5)6/h7-11,13H,12H2,1-6H3/t13-/m1/s1. The van der Waals surface area contributed by atoms with Crippen LogP contribution in [0.15, 0.2) is 30.3 Å². The van der Waals surface area contributed by atoms with Crippen molar-refractivity contribution >= 4 is 22.9 Å². The highest BCUT2D eigenvalue weighted by molar-refractivity contribution is 7.15. The molecule has 1 heterocycles. The summed E-state index contributed by atoms with van der Waals surface area (Å²) in [6.07, 6.45) is 0. The van der Waals surface area contributed by atoms with E-state index in [-0.39, 0.29) is 5.41 Å². The van der Waals surface area contributed by atoms with Crippen LogP contribution in [0.1, 0.15) is 44.1 Å². The summed E-state index contributed by atoms with van der Waals surface area (Å²) in [5.41, 5.74) is 2.87. The van der Waals surface area contributed by atoms with Crippen LogP contribution in [0, 0.1) is 5.41 Å². The molecule has 1 aromatic carbocycles. The van der Waals surface area contributed by atoms with Crippen molar-refractivity contribution in [3.05, 3.63) is 45.8 Å². The monoisotopic (exact) mass is 335 g/mol. The van der Waals surface area contributed by atoms with Crippen LogP contribution in [0.25, 0.3) is 10.4 Å². The van der Waals surface area contributed by atoms with Gasteiger partial charge in [-0.1, -0.05) is 45.4 Å². The molecule has 3 heteroatoms. The van der Waals surface area contributed by atoms with Crippen LogP contribution in [0.3, 0.4) is 0 Å². The molecule has 0 fully saturated rings. The Morgan fingerprint density at radius 3 is 2.41 bits per heavy atom. The number of benzene rings is 1. The molecule has 2 aromatic rings. The first kappa shape index (κ1) is 17.5. The van der Waals surface area contributed by atoms with Crippen LogP contribution in [0.4, 0.5) is 0 Å². The van der Waals surface area contributed by atoms with Crippen LogP contribution in [0.2, 0.25) is 5.02 Å². The Balaban J connectivity index is 2.39. The van der Waals surface area contributed by atoms with Gasteiger partial charge in [0.15, 0.2) is 0 Å². The van der Waals surface area contributed by atoms with E-state index >= 15 is 0 Å². The molecule has 0 unspecified atom stereocenters. The lowest BCUT2D eigenvalue weighted by Gasteiger charge is -2.26. The summed E-state index contributed by atoms with van der Waals surface area (Å²) in [5.74, 6) is 0.552. The third kappa shape index (κ3) is 4.13. The third-order valence-corrected chi connectivity index (χ3v) is 5.71. The van der Waals surface area contributed by atoms with E-state index in [1.807, 2.05) is 17.4 Å². The van der Waals surface area contributed by atoms with Crippen molar-refractivity contribution < 1.29 is 0 Å². The van der Waals surface area contributed by atoms with Crippen molar-refractivity contribution in [3.8, 4) is 10.4 Å². The van der Waals surface area contributed by atoms with Crippen LogP contribution >= 0.6 is 22.9 Å². The van der Waals surface area contributed by atoms with E-state index in [4.69, 9.17) is 11.6 Å². The molecule has 1 atom stereocenters. The van der Waals surface area contributed by atoms with E-state index < -0.39 is 0 Å². The minimum atomic E-state index is 0.286. The maximum Gasteiger partial charge on any atom is 0.0409 e. The van der Waals surface area contributed by atoms with Gasteiger partial charge in [-0.05, 0) is 60.8 Å². The lowest BCUT2D eigenvalue weighted by Crippen LogP contribution is -2.13. The van der Waals surface area contributed by atoms with Gasteiger partial charge in [-0.3, -0.25) is 0 Å². The molecular formula is C19H26ClNS. The molecule has 0 saturated carbocycles. The van der Waals surface area contributed by atoms with Gasteiger partial charge in [0.05, 0.1) is 0 Å². The fraction of sp³-hybridized carbons (Fsp3) is 0.474. The highest BCUT2D eigenvalue weighted by Gasteiger charge is 2.23. The minimum absolute atomic E-state index is 0.286. The molecule has 0 amide bonds. The maximum atomic E-state index is 6.19. The van der Waals surface area contributed by atoms with Gasteiger partial charge in [-0.15, -0.1) is 11.3 Å². The summed E-state index contributed by atoms with van der Waals surface area (Å²) < 4.78 is 0. The molecule has 0 aliphatic carbocycles. The second kappa shape index (κ2) is 6.74. The number of thiophene rings is 1. The number of nitrogens with zero attached hydrogens (tertiary/aromatic N) is 1. The first-order chi connectivity index (χ1) is 10.2. The van der Waals surface area contributed by atoms with Gasteiger partial charge >= 0.3 is 0 Å². The fourth-order valence-corrected chi connectivity index (χ4v) is 3.99. The van der Waals surface area contributed by atoms with Crippen LogP contribution < -0.4 is 0 Å². The van der Waals surface area contributed by atoms with Crippen molar-refractivity contribution in [2.24, 2.45) is 5.41 Å². The number of hydrogen-bond acceptors (Lipinski definition) is 2. The van der Waals surface area contributed by atoms with Gasteiger partial charge in [0.25, 0.3) is 0 Å². The average molecular weight is 336 g/mol. The molecule has 0 bridgehead atoms. The normalized spacial score (nSPS) is 13.6. The lowest BCUT2D eigenvalue weighted by atomic mass is 9.81. The quantitative estimate of drug-likeness (QED) is 0.635. The van der Waals surface area contributed by atoms with Crippen LogP contribution in [-0.4, -0.2) is 19.0 Å². The van der Waals surface area contributed by atoms with Crippen LogP contribution in [-0.2, 0) is 6.54 Å². The van der Waals surface area contributed by atoms with E-state index in [0.29, 0.717) is 5.92 Å². The largest absolute Gasteiger partial charge is 0.305 e. The Labute approximate surface area is 143 Å². The average Bonchev–Trinajstić information content (AvgIpc) is 2.85.